The van der Waals surface area contributed by atoms with Gasteiger partial charge in [-0.15, -0.1) is 0 Å². The highest BCUT2D eigenvalue weighted by molar-refractivity contribution is 6.31. The second-order valence-electron chi connectivity index (χ2n) is 6.81. The summed E-state index contributed by atoms with van der Waals surface area (Å²) in [5.74, 6) is 0.836. The van der Waals surface area contributed by atoms with E-state index >= 15 is 0 Å². The van der Waals surface area contributed by atoms with Crippen LogP contribution in [0, 0.1) is 5.92 Å². The predicted molar refractivity (Wildman–Crippen MR) is 93.3 cm³/mol. The van der Waals surface area contributed by atoms with Crippen LogP contribution in [-0.2, 0) is 6.54 Å². The molecule has 0 amide bonds. The Balaban J connectivity index is 2.19. The van der Waals surface area contributed by atoms with Crippen LogP contribution < -0.4 is 10.2 Å². The lowest BCUT2D eigenvalue weighted by Crippen LogP contribution is -2.36. The second kappa shape index (κ2) is 7.51. The van der Waals surface area contributed by atoms with Gasteiger partial charge in [0.2, 0.25) is 0 Å². The van der Waals surface area contributed by atoms with Gasteiger partial charge in [-0.05, 0) is 30.9 Å². The Morgan fingerprint density at radius 3 is 2.76 bits per heavy atom. The molecule has 1 aromatic carbocycles. The molecule has 0 bridgehead atoms. The van der Waals surface area contributed by atoms with Crippen LogP contribution in [0.3, 0.4) is 0 Å². The Hall–Kier alpha value is -0.730. The Morgan fingerprint density at radius 1 is 1.33 bits per heavy atom. The van der Waals surface area contributed by atoms with Gasteiger partial charge in [0.15, 0.2) is 0 Å². The Labute approximate surface area is 134 Å². The average Bonchev–Trinajstić information content (AvgIpc) is 2.45. The largest absolute Gasteiger partial charge is 0.371 e. The van der Waals surface area contributed by atoms with E-state index in [1.54, 1.807) is 0 Å². The molecule has 1 aromatic rings. The molecule has 1 N–H and O–H groups in total. The van der Waals surface area contributed by atoms with Crippen molar-refractivity contribution in [3.63, 3.8) is 0 Å². The number of anilines is 1. The molecule has 1 aliphatic carbocycles. The first-order chi connectivity index (χ1) is 9.99. The monoisotopic (exact) mass is 308 g/mol. The zero-order chi connectivity index (χ0) is 15.4. The standard InChI is InChI=1S/C18H29ClN2/c1-13(2)20-12-16-17(19)9-6-10-18(16)21(4)15-8-5-7-14(3)11-15/h6,9-10,13-15,20H,5,7-8,11-12H2,1-4H3. The van der Waals surface area contributed by atoms with Crippen LogP contribution in [0.5, 0.6) is 0 Å². The molecule has 2 unspecified atom stereocenters. The van der Waals surface area contributed by atoms with E-state index < -0.39 is 0 Å². The van der Waals surface area contributed by atoms with Crippen LogP contribution in [0.2, 0.25) is 5.02 Å². The third kappa shape index (κ3) is 4.37. The molecule has 2 rings (SSSR count). The molecule has 0 saturated heterocycles. The topological polar surface area (TPSA) is 15.3 Å². The molecule has 0 radical (unpaired) electrons. The van der Waals surface area contributed by atoms with Crippen molar-refractivity contribution in [1.29, 1.82) is 0 Å². The molecular weight excluding hydrogens is 280 g/mol. The van der Waals surface area contributed by atoms with E-state index in [1.165, 1.54) is 36.9 Å². The lowest BCUT2D eigenvalue weighted by Gasteiger charge is -2.37. The highest BCUT2D eigenvalue weighted by Gasteiger charge is 2.24. The smallest absolute Gasteiger partial charge is 0.0471 e. The molecule has 0 aliphatic heterocycles. The maximum Gasteiger partial charge on any atom is 0.0471 e. The molecule has 3 heteroatoms. The number of benzene rings is 1. The van der Waals surface area contributed by atoms with Crippen molar-refractivity contribution in [3.8, 4) is 0 Å². The fraction of sp³-hybridized carbons (Fsp3) is 0.667. The molecule has 2 nitrogen and oxygen atoms in total. The lowest BCUT2D eigenvalue weighted by atomic mass is 9.86. The number of rotatable bonds is 5. The van der Waals surface area contributed by atoms with Crippen molar-refractivity contribution >= 4 is 17.3 Å². The Bertz CT molecular complexity index is 459. The zero-order valence-electron chi connectivity index (χ0n) is 13.8. The zero-order valence-corrected chi connectivity index (χ0v) is 14.6. The molecule has 1 aliphatic rings. The fourth-order valence-corrected chi connectivity index (χ4v) is 3.55. The van der Waals surface area contributed by atoms with Crippen LogP contribution in [0.15, 0.2) is 18.2 Å². The van der Waals surface area contributed by atoms with Gasteiger partial charge < -0.3 is 10.2 Å². The van der Waals surface area contributed by atoms with Gasteiger partial charge in [-0.3, -0.25) is 0 Å². The van der Waals surface area contributed by atoms with E-state index in [4.69, 9.17) is 11.6 Å². The third-order valence-corrected chi connectivity index (χ3v) is 4.97. The normalized spacial score (nSPS) is 22.6. The van der Waals surface area contributed by atoms with Crippen LogP contribution >= 0.6 is 11.6 Å². The Kier molecular flexibility index (Phi) is 5.95. The minimum absolute atomic E-state index is 0.467. The highest BCUT2D eigenvalue weighted by Crippen LogP contribution is 2.33. The summed E-state index contributed by atoms with van der Waals surface area (Å²) in [7, 11) is 2.23. The average molecular weight is 309 g/mol. The van der Waals surface area contributed by atoms with Crippen molar-refractivity contribution < 1.29 is 0 Å². The molecule has 118 valence electrons. The minimum atomic E-state index is 0.467. The number of hydrogen-bond donors (Lipinski definition) is 1. The minimum Gasteiger partial charge on any atom is -0.371 e. The Morgan fingerprint density at radius 2 is 2.10 bits per heavy atom. The third-order valence-electron chi connectivity index (χ3n) is 4.62. The van der Waals surface area contributed by atoms with Gasteiger partial charge in [0.1, 0.15) is 0 Å². The van der Waals surface area contributed by atoms with Crippen molar-refractivity contribution in [2.75, 3.05) is 11.9 Å². The highest BCUT2D eigenvalue weighted by atomic mass is 35.5. The van der Waals surface area contributed by atoms with Crippen LogP contribution in [0.25, 0.3) is 0 Å². The number of halogens is 1. The first kappa shape index (κ1) is 16.6. The molecule has 0 spiro atoms. The SMILES string of the molecule is CC1CCCC(N(C)c2cccc(Cl)c2CNC(C)C)C1. The first-order valence-corrected chi connectivity index (χ1v) is 8.60. The lowest BCUT2D eigenvalue weighted by molar-refractivity contribution is 0.336. The van der Waals surface area contributed by atoms with Crippen molar-refractivity contribution in [2.24, 2.45) is 5.92 Å². The maximum absolute atomic E-state index is 6.46. The molecule has 0 aromatic heterocycles. The number of nitrogens with zero attached hydrogens (tertiary/aromatic N) is 1. The summed E-state index contributed by atoms with van der Waals surface area (Å²) >= 11 is 6.46. The van der Waals surface area contributed by atoms with Crippen LogP contribution in [-0.4, -0.2) is 19.1 Å². The number of nitrogens with one attached hydrogen (secondary N) is 1. The van der Waals surface area contributed by atoms with E-state index in [-0.39, 0.29) is 0 Å². The van der Waals surface area contributed by atoms with E-state index in [2.05, 4.69) is 50.2 Å². The molecule has 1 saturated carbocycles. The summed E-state index contributed by atoms with van der Waals surface area (Å²) in [5.41, 5.74) is 2.52. The van der Waals surface area contributed by atoms with Gasteiger partial charge >= 0.3 is 0 Å². The second-order valence-corrected chi connectivity index (χ2v) is 7.22. The quantitative estimate of drug-likeness (QED) is 0.836. The summed E-state index contributed by atoms with van der Waals surface area (Å²) in [6.07, 6.45) is 5.31. The van der Waals surface area contributed by atoms with Crippen molar-refractivity contribution in [2.45, 2.75) is 65.1 Å². The van der Waals surface area contributed by atoms with Gasteiger partial charge in [-0.1, -0.05) is 51.3 Å². The molecule has 21 heavy (non-hydrogen) atoms. The predicted octanol–water partition coefficient (Wildman–Crippen LogP) is 4.85. The van der Waals surface area contributed by atoms with Crippen LogP contribution in [0.1, 0.15) is 52.0 Å². The summed E-state index contributed by atoms with van der Waals surface area (Å²) in [4.78, 5) is 2.46. The molecule has 1 fully saturated rings. The first-order valence-electron chi connectivity index (χ1n) is 8.22. The van der Waals surface area contributed by atoms with Gasteiger partial charge in [0.05, 0.1) is 0 Å². The van der Waals surface area contributed by atoms with Gasteiger partial charge in [0.25, 0.3) is 0 Å². The van der Waals surface area contributed by atoms with Gasteiger partial charge in [0, 0.05) is 41.9 Å². The molecule has 0 heterocycles. The fourth-order valence-electron chi connectivity index (χ4n) is 3.31. The summed E-state index contributed by atoms with van der Waals surface area (Å²) in [6, 6.07) is 7.39. The van der Waals surface area contributed by atoms with E-state index in [0.717, 1.165) is 17.5 Å². The summed E-state index contributed by atoms with van der Waals surface area (Å²) in [5, 5.41) is 4.37. The van der Waals surface area contributed by atoms with Crippen molar-refractivity contribution in [3.05, 3.63) is 28.8 Å². The van der Waals surface area contributed by atoms with E-state index in [0.29, 0.717) is 12.1 Å². The van der Waals surface area contributed by atoms with Gasteiger partial charge in [-0.25, -0.2) is 0 Å². The van der Waals surface area contributed by atoms with Crippen molar-refractivity contribution in [1.82, 2.24) is 5.32 Å². The molecular formula is C18H29ClN2. The number of hydrogen-bond acceptors (Lipinski definition) is 2. The van der Waals surface area contributed by atoms with Gasteiger partial charge in [-0.2, -0.15) is 0 Å². The molecule has 2 atom stereocenters. The summed E-state index contributed by atoms with van der Waals surface area (Å²) < 4.78 is 0. The van der Waals surface area contributed by atoms with E-state index in [1.807, 2.05) is 6.07 Å². The maximum atomic E-state index is 6.46. The van der Waals surface area contributed by atoms with E-state index in [9.17, 15) is 0 Å². The summed E-state index contributed by atoms with van der Waals surface area (Å²) in [6.45, 7) is 7.55. The van der Waals surface area contributed by atoms with Crippen LogP contribution in [0.4, 0.5) is 5.69 Å².